The molecule has 17 heavy (non-hydrogen) atoms. The minimum atomic E-state index is -0.100. The van der Waals surface area contributed by atoms with E-state index in [2.05, 4.69) is 6.92 Å². The molecule has 2 fully saturated rings. The van der Waals surface area contributed by atoms with E-state index in [1.165, 1.54) is 5.57 Å². The molecule has 2 saturated carbocycles. The molecule has 94 valence electrons. The lowest BCUT2D eigenvalue weighted by Gasteiger charge is -2.47. The van der Waals surface area contributed by atoms with Crippen LogP contribution in [0.25, 0.3) is 0 Å². The molecule has 1 N–H and O–H groups in total. The van der Waals surface area contributed by atoms with Gasteiger partial charge in [-0.1, -0.05) is 12.5 Å². The van der Waals surface area contributed by atoms with Crippen molar-refractivity contribution >= 4 is 5.78 Å². The first-order chi connectivity index (χ1) is 8.17. The molecule has 3 aliphatic carbocycles. The van der Waals surface area contributed by atoms with Crippen LogP contribution < -0.4 is 0 Å². The first-order valence-corrected chi connectivity index (χ1v) is 7.09. The molecule has 0 aromatic rings. The summed E-state index contributed by atoms with van der Waals surface area (Å²) >= 11 is 0. The zero-order valence-electron chi connectivity index (χ0n) is 10.6. The van der Waals surface area contributed by atoms with Crippen LogP contribution in [0.15, 0.2) is 11.6 Å². The Kier molecular flexibility index (Phi) is 2.66. The van der Waals surface area contributed by atoms with Crippen LogP contribution in [0.4, 0.5) is 0 Å². The predicted octanol–water partition coefficient (Wildman–Crippen LogP) is 2.85. The van der Waals surface area contributed by atoms with Gasteiger partial charge in [0.1, 0.15) is 0 Å². The Morgan fingerprint density at radius 3 is 2.94 bits per heavy atom. The van der Waals surface area contributed by atoms with Gasteiger partial charge >= 0.3 is 0 Å². The maximum absolute atomic E-state index is 11.5. The number of allylic oxidation sites excluding steroid dienone is 2. The Bertz CT molecular complexity index is 371. The van der Waals surface area contributed by atoms with Crippen molar-refractivity contribution in [3.63, 3.8) is 0 Å². The van der Waals surface area contributed by atoms with Gasteiger partial charge in [-0.3, -0.25) is 4.79 Å². The number of aliphatic hydroxyl groups is 1. The van der Waals surface area contributed by atoms with Crippen LogP contribution in [0.2, 0.25) is 0 Å². The molecule has 0 spiro atoms. The fraction of sp³-hybridized carbons (Fsp3) is 0.800. The molecule has 3 rings (SSSR count). The Labute approximate surface area is 103 Å². The molecule has 0 heterocycles. The summed E-state index contributed by atoms with van der Waals surface area (Å²) in [6, 6.07) is 0. The monoisotopic (exact) mass is 234 g/mol. The highest BCUT2D eigenvalue weighted by Crippen LogP contribution is 2.59. The molecule has 0 aliphatic heterocycles. The number of hydrogen-bond acceptors (Lipinski definition) is 2. The smallest absolute Gasteiger partial charge is 0.155 e. The van der Waals surface area contributed by atoms with Crippen LogP contribution in [-0.2, 0) is 4.79 Å². The summed E-state index contributed by atoms with van der Waals surface area (Å²) in [6.45, 7) is 2.23. The van der Waals surface area contributed by atoms with E-state index in [-0.39, 0.29) is 11.5 Å². The third-order valence-corrected chi connectivity index (χ3v) is 5.70. The van der Waals surface area contributed by atoms with Crippen LogP contribution in [-0.4, -0.2) is 17.0 Å². The third-order valence-electron chi connectivity index (χ3n) is 5.70. The van der Waals surface area contributed by atoms with Gasteiger partial charge in [-0.2, -0.15) is 0 Å². The molecule has 2 heteroatoms. The van der Waals surface area contributed by atoms with E-state index in [9.17, 15) is 9.90 Å². The predicted molar refractivity (Wildman–Crippen MR) is 66.5 cm³/mol. The number of carbonyl (C=O) groups excluding carboxylic acids is 1. The lowest BCUT2D eigenvalue weighted by atomic mass is 9.58. The number of rotatable bonds is 1. The van der Waals surface area contributed by atoms with Crippen molar-refractivity contribution in [2.45, 2.75) is 58.0 Å². The van der Waals surface area contributed by atoms with Crippen molar-refractivity contribution in [1.82, 2.24) is 0 Å². The lowest BCUT2D eigenvalue weighted by Crippen LogP contribution is -2.43. The molecular formula is C15H22O2. The van der Waals surface area contributed by atoms with E-state index in [4.69, 9.17) is 0 Å². The van der Waals surface area contributed by atoms with Gasteiger partial charge in [-0.05, 0) is 61.9 Å². The van der Waals surface area contributed by atoms with E-state index < -0.39 is 0 Å². The van der Waals surface area contributed by atoms with Crippen LogP contribution in [0.3, 0.4) is 0 Å². The average molecular weight is 234 g/mol. The second-order valence-electron chi connectivity index (χ2n) is 6.12. The van der Waals surface area contributed by atoms with Gasteiger partial charge in [0.15, 0.2) is 5.78 Å². The zero-order chi connectivity index (χ0) is 12.0. The molecule has 3 aliphatic rings. The first-order valence-electron chi connectivity index (χ1n) is 7.09. The Hall–Kier alpha value is -0.630. The molecule has 0 aromatic carbocycles. The van der Waals surface area contributed by atoms with Gasteiger partial charge < -0.3 is 5.11 Å². The molecule has 0 radical (unpaired) electrons. The van der Waals surface area contributed by atoms with Gasteiger partial charge in [0.2, 0.25) is 0 Å². The molecular weight excluding hydrogens is 212 g/mol. The Balaban J connectivity index is 1.94. The van der Waals surface area contributed by atoms with Crippen LogP contribution in [0, 0.1) is 17.3 Å². The Morgan fingerprint density at radius 2 is 2.18 bits per heavy atom. The topological polar surface area (TPSA) is 37.3 Å². The van der Waals surface area contributed by atoms with Crippen molar-refractivity contribution in [3.8, 4) is 0 Å². The summed E-state index contributed by atoms with van der Waals surface area (Å²) in [5.74, 6) is 1.55. The second-order valence-corrected chi connectivity index (χ2v) is 6.12. The summed E-state index contributed by atoms with van der Waals surface area (Å²) < 4.78 is 0. The van der Waals surface area contributed by atoms with E-state index >= 15 is 0 Å². The van der Waals surface area contributed by atoms with Crippen LogP contribution in [0.1, 0.15) is 51.9 Å². The highest BCUT2D eigenvalue weighted by molar-refractivity contribution is 5.91. The minimum absolute atomic E-state index is 0.100. The fourth-order valence-electron chi connectivity index (χ4n) is 4.75. The van der Waals surface area contributed by atoms with E-state index in [0.717, 1.165) is 44.9 Å². The quantitative estimate of drug-likeness (QED) is 0.757. The van der Waals surface area contributed by atoms with Crippen LogP contribution in [0.5, 0.6) is 0 Å². The molecule has 2 nitrogen and oxygen atoms in total. The summed E-state index contributed by atoms with van der Waals surface area (Å²) in [5.41, 5.74) is 1.56. The molecule has 0 unspecified atom stereocenters. The molecule has 0 aromatic heterocycles. The SMILES string of the molecule is CC[C@@]12CCC3=CC(=O)CC[C@H]3[C@H]1CC[C@H]2O. The van der Waals surface area contributed by atoms with E-state index in [1.54, 1.807) is 0 Å². The lowest BCUT2D eigenvalue weighted by molar-refractivity contribution is -0.116. The number of aliphatic hydroxyl groups excluding tert-OH is 1. The number of hydrogen-bond donors (Lipinski definition) is 1. The van der Waals surface area contributed by atoms with Gasteiger partial charge in [-0.25, -0.2) is 0 Å². The van der Waals surface area contributed by atoms with Crippen molar-refractivity contribution in [2.75, 3.05) is 0 Å². The summed E-state index contributed by atoms with van der Waals surface area (Å²) in [7, 11) is 0. The van der Waals surface area contributed by atoms with Crippen LogP contribution >= 0.6 is 0 Å². The number of carbonyl (C=O) groups is 1. The van der Waals surface area contributed by atoms with Crippen molar-refractivity contribution in [1.29, 1.82) is 0 Å². The van der Waals surface area contributed by atoms with E-state index in [0.29, 0.717) is 17.6 Å². The largest absolute Gasteiger partial charge is 0.393 e. The summed E-state index contributed by atoms with van der Waals surface area (Å²) in [6.07, 6.45) is 8.92. The summed E-state index contributed by atoms with van der Waals surface area (Å²) in [4.78, 5) is 11.5. The highest BCUT2D eigenvalue weighted by atomic mass is 16.3. The first kappa shape index (κ1) is 11.5. The second kappa shape index (κ2) is 3.94. The molecule has 4 atom stereocenters. The van der Waals surface area contributed by atoms with Gasteiger partial charge in [0.25, 0.3) is 0 Å². The number of ketones is 1. The highest BCUT2D eigenvalue weighted by Gasteiger charge is 2.54. The normalized spacial score (nSPS) is 45.2. The standard InChI is InChI=1S/C15H22O2/c1-2-15-8-7-10-9-11(16)3-4-12(10)13(15)5-6-14(15)17/h9,12-14,17H,2-8H2,1H3/t12-,13-,14-,15-/m1/s1. The Morgan fingerprint density at radius 1 is 1.35 bits per heavy atom. The van der Waals surface area contributed by atoms with Gasteiger partial charge in [0.05, 0.1) is 6.10 Å². The fourth-order valence-corrected chi connectivity index (χ4v) is 4.75. The van der Waals surface area contributed by atoms with E-state index in [1.807, 2.05) is 6.08 Å². The van der Waals surface area contributed by atoms with Crippen molar-refractivity contribution in [2.24, 2.45) is 17.3 Å². The minimum Gasteiger partial charge on any atom is -0.393 e. The molecule has 0 amide bonds. The average Bonchev–Trinajstić information content (AvgIpc) is 2.67. The zero-order valence-corrected chi connectivity index (χ0v) is 10.6. The third kappa shape index (κ3) is 1.53. The van der Waals surface area contributed by atoms with Gasteiger partial charge in [0, 0.05) is 6.42 Å². The summed E-state index contributed by atoms with van der Waals surface area (Å²) in [5, 5.41) is 10.3. The van der Waals surface area contributed by atoms with Crippen molar-refractivity contribution < 1.29 is 9.90 Å². The maximum atomic E-state index is 11.5. The maximum Gasteiger partial charge on any atom is 0.155 e. The van der Waals surface area contributed by atoms with Crippen molar-refractivity contribution in [3.05, 3.63) is 11.6 Å². The van der Waals surface area contributed by atoms with Gasteiger partial charge in [-0.15, -0.1) is 0 Å². The molecule has 0 bridgehead atoms. The number of fused-ring (bicyclic) bond motifs is 3. The molecule has 0 saturated heterocycles.